The summed E-state index contributed by atoms with van der Waals surface area (Å²) in [7, 11) is 1.99. The molecule has 0 aliphatic carbocycles. The second kappa shape index (κ2) is 3.84. The van der Waals surface area contributed by atoms with Crippen LogP contribution in [0, 0.1) is 0 Å². The quantitative estimate of drug-likeness (QED) is 0.761. The van der Waals surface area contributed by atoms with Crippen LogP contribution in [0.1, 0.15) is 18.4 Å². The molecule has 1 aromatic carbocycles. The average Bonchev–Trinajstić information content (AvgIpc) is 2.61. The fourth-order valence-electron chi connectivity index (χ4n) is 1.92. The Morgan fingerprint density at radius 2 is 2.14 bits per heavy atom. The van der Waals surface area contributed by atoms with Gasteiger partial charge in [0.2, 0.25) is 0 Å². The maximum atomic E-state index is 3.30. The van der Waals surface area contributed by atoms with Crippen LogP contribution in [0.3, 0.4) is 0 Å². The molecule has 0 spiro atoms. The van der Waals surface area contributed by atoms with Crippen LogP contribution in [-0.4, -0.2) is 18.6 Å². The van der Waals surface area contributed by atoms with Crippen molar-refractivity contribution in [3.8, 4) is 0 Å². The molecule has 14 heavy (non-hydrogen) atoms. The summed E-state index contributed by atoms with van der Waals surface area (Å²) in [5, 5.41) is 4.55. The minimum absolute atomic E-state index is 0.552. The number of H-pyrrole nitrogens is 1. The molecule has 0 fully saturated rings. The zero-order chi connectivity index (χ0) is 9.97. The first kappa shape index (κ1) is 9.28. The van der Waals surface area contributed by atoms with Crippen molar-refractivity contribution in [2.75, 3.05) is 13.6 Å². The van der Waals surface area contributed by atoms with Crippen LogP contribution in [0.4, 0.5) is 0 Å². The van der Waals surface area contributed by atoms with Crippen LogP contribution in [-0.2, 0) is 0 Å². The maximum absolute atomic E-state index is 3.30. The summed E-state index contributed by atoms with van der Waals surface area (Å²) in [4.78, 5) is 3.30. The molecule has 2 nitrogen and oxygen atoms in total. The third kappa shape index (κ3) is 1.53. The molecule has 0 aliphatic rings. The molecule has 74 valence electrons. The van der Waals surface area contributed by atoms with Crippen LogP contribution in [0.15, 0.2) is 30.5 Å². The van der Waals surface area contributed by atoms with Gasteiger partial charge in [0, 0.05) is 23.6 Å². The minimum atomic E-state index is 0.552. The summed E-state index contributed by atoms with van der Waals surface area (Å²) < 4.78 is 0. The highest BCUT2D eigenvalue weighted by atomic mass is 14.8. The fourth-order valence-corrected chi connectivity index (χ4v) is 1.92. The van der Waals surface area contributed by atoms with Crippen LogP contribution in [0.25, 0.3) is 10.9 Å². The van der Waals surface area contributed by atoms with E-state index in [-0.39, 0.29) is 0 Å². The molecular formula is C12H16N2. The lowest BCUT2D eigenvalue weighted by molar-refractivity contribution is 0.681. The van der Waals surface area contributed by atoms with Gasteiger partial charge in [0.15, 0.2) is 0 Å². The molecule has 1 atom stereocenters. The molecule has 1 unspecified atom stereocenters. The normalized spacial score (nSPS) is 13.3. The Bertz CT molecular complexity index is 417. The largest absolute Gasteiger partial charge is 0.361 e. The van der Waals surface area contributed by atoms with Crippen LogP contribution >= 0.6 is 0 Å². The number of rotatable bonds is 3. The minimum Gasteiger partial charge on any atom is -0.361 e. The summed E-state index contributed by atoms with van der Waals surface area (Å²) in [6.45, 7) is 3.26. The van der Waals surface area contributed by atoms with Crippen LogP contribution in [0.5, 0.6) is 0 Å². The average molecular weight is 188 g/mol. The molecule has 0 aliphatic heterocycles. The summed E-state index contributed by atoms with van der Waals surface area (Å²) >= 11 is 0. The molecule has 2 rings (SSSR count). The summed E-state index contributed by atoms with van der Waals surface area (Å²) in [6, 6.07) is 8.44. The topological polar surface area (TPSA) is 27.8 Å². The Morgan fingerprint density at radius 3 is 2.93 bits per heavy atom. The van der Waals surface area contributed by atoms with E-state index in [9.17, 15) is 0 Å². The number of likely N-dealkylation sites (N-methyl/N-ethyl adjacent to an activating group) is 1. The van der Waals surface area contributed by atoms with Gasteiger partial charge in [0.1, 0.15) is 0 Å². The van der Waals surface area contributed by atoms with Crippen molar-refractivity contribution in [3.05, 3.63) is 36.0 Å². The van der Waals surface area contributed by atoms with Gasteiger partial charge in [-0.2, -0.15) is 0 Å². The Kier molecular flexibility index (Phi) is 2.55. The number of para-hydroxylation sites is 1. The van der Waals surface area contributed by atoms with Crippen molar-refractivity contribution < 1.29 is 0 Å². The highest BCUT2D eigenvalue weighted by molar-refractivity contribution is 5.83. The first-order valence-electron chi connectivity index (χ1n) is 5.03. The first-order chi connectivity index (χ1) is 6.83. The number of hydrogen-bond donors (Lipinski definition) is 2. The van der Waals surface area contributed by atoms with Gasteiger partial charge in [-0.25, -0.2) is 0 Å². The molecule has 0 saturated heterocycles. The summed E-state index contributed by atoms with van der Waals surface area (Å²) in [5.41, 5.74) is 2.63. The number of aromatic amines is 1. The van der Waals surface area contributed by atoms with Crippen molar-refractivity contribution in [1.29, 1.82) is 0 Å². The molecule has 0 amide bonds. The van der Waals surface area contributed by atoms with Crippen molar-refractivity contribution in [2.24, 2.45) is 0 Å². The van der Waals surface area contributed by atoms with Crippen molar-refractivity contribution in [2.45, 2.75) is 12.8 Å². The molecule has 2 N–H and O–H groups in total. The summed E-state index contributed by atoms with van der Waals surface area (Å²) in [6.07, 6.45) is 2.12. The van der Waals surface area contributed by atoms with E-state index in [2.05, 4.69) is 47.7 Å². The molecule has 2 aromatic rings. The highest BCUT2D eigenvalue weighted by Gasteiger charge is 2.09. The number of fused-ring (bicyclic) bond motifs is 1. The lowest BCUT2D eigenvalue weighted by Crippen LogP contribution is -2.14. The van der Waals surface area contributed by atoms with E-state index in [0.29, 0.717) is 5.92 Å². The van der Waals surface area contributed by atoms with Crippen molar-refractivity contribution in [3.63, 3.8) is 0 Å². The molecule has 0 bridgehead atoms. The number of nitrogens with one attached hydrogen (secondary N) is 2. The molecule has 1 aromatic heterocycles. The van der Waals surface area contributed by atoms with Crippen LogP contribution < -0.4 is 5.32 Å². The molecule has 0 saturated carbocycles. The number of hydrogen-bond acceptors (Lipinski definition) is 1. The zero-order valence-electron chi connectivity index (χ0n) is 8.67. The molecular weight excluding hydrogens is 172 g/mol. The van der Waals surface area contributed by atoms with Gasteiger partial charge in [-0.1, -0.05) is 25.1 Å². The Hall–Kier alpha value is -1.28. The van der Waals surface area contributed by atoms with Gasteiger partial charge in [0.05, 0.1) is 0 Å². The smallest absolute Gasteiger partial charge is 0.0456 e. The highest BCUT2D eigenvalue weighted by Crippen LogP contribution is 2.24. The Morgan fingerprint density at radius 1 is 1.36 bits per heavy atom. The van der Waals surface area contributed by atoms with E-state index < -0.39 is 0 Å². The van der Waals surface area contributed by atoms with Gasteiger partial charge in [-0.15, -0.1) is 0 Å². The fraction of sp³-hybridized carbons (Fsp3) is 0.333. The van der Waals surface area contributed by atoms with E-state index in [1.165, 1.54) is 16.5 Å². The first-order valence-corrected chi connectivity index (χ1v) is 5.03. The number of benzene rings is 1. The standard InChI is InChI=1S/C12H16N2/c1-9(7-13-2)11-8-14-12-6-4-3-5-10(11)12/h3-6,8-9,13-14H,7H2,1-2H3. The van der Waals surface area contributed by atoms with Crippen LogP contribution in [0.2, 0.25) is 0 Å². The maximum Gasteiger partial charge on any atom is 0.0456 e. The molecule has 0 radical (unpaired) electrons. The van der Waals surface area contributed by atoms with Gasteiger partial charge in [0.25, 0.3) is 0 Å². The Balaban J connectivity index is 2.42. The van der Waals surface area contributed by atoms with Crippen molar-refractivity contribution in [1.82, 2.24) is 10.3 Å². The van der Waals surface area contributed by atoms with E-state index in [1.54, 1.807) is 0 Å². The lowest BCUT2D eigenvalue weighted by Gasteiger charge is -2.08. The van der Waals surface area contributed by atoms with E-state index in [4.69, 9.17) is 0 Å². The predicted molar refractivity (Wildman–Crippen MR) is 60.6 cm³/mol. The van der Waals surface area contributed by atoms with E-state index >= 15 is 0 Å². The SMILES string of the molecule is CNCC(C)c1c[nH]c2ccccc12. The molecule has 2 heteroatoms. The van der Waals surface area contributed by atoms with Gasteiger partial charge >= 0.3 is 0 Å². The lowest BCUT2D eigenvalue weighted by atomic mass is 10.0. The number of aromatic nitrogens is 1. The van der Waals surface area contributed by atoms with Gasteiger partial charge in [-0.3, -0.25) is 0 Å². The van der Waals surface area contributed by atoms with E-state index in [1.807, 2.05) is 7.05 Å². The van der Waals surface area contributed by atoms with Crippen molar-refractivity contribution >= 4 is 10.9 Å². The third-order valence-electron chi connectivity index (χ3n) is 2.66. The van der Waals surface area contributed by atoms with E-state index in [0.717, 1.165) is 6.54 Å². The van der Waals surface area contributed by atoms with Gasteiger partial charge < -0.3 is 10.3 Å². The Labute approximate surface area is 84.3 Å². The zero-order valence-corrected chi connectivity index (χ0v) is 8.67. The molecule has 1 heterocycles. The predicted octanol–water partition coefficient (Wildman–Crippen LogP) is 2.49. The second-order valence-electron chi connectivity index (χ2n) is 3.75. The second-order valence-corrected chi connectivity index (χ2v) is 3.75. The summed E-state index contributed by atoms with van der Waals surface area (Å²) in [5.74, 6) is 0.552. The monoisotopic (exact) mass is 188 g/mol. The third-order valence-corrected chi connectivity index (χ3v) is 2.66. The van der Waals surface area contributed by atoms with Gasteiger partial charge in [-0.05, 0) is 24.6 Å².